The van der Waals surface area contributed by atoms with Gasteiger partial charge in [-0.1, -0.05) is 34.1 Å². The fraction of sp³-hybridized carbons (Fsp3) is 0.158. The molecule has 0 bridgehead atoms. The summed E-state index contributed by atoms with van der Waals surface area (Å²) >= 11 is 3.39. The van der Waals surface area contributed by atoms with Crippen LogP contribution in [0.1, 0.15) is 17.9 Å². The van der Waals surface area contributed by atoms with Gasteiger partial charge in [-0.05, 0) is 23.8 Å². The number of ether oxygens (including phenoxy) is 1. The van der Waals surface area contributed by atoms with E-state index in [1.165, 1.54) is 17.0 Å². The van der Waals surface area contributed by atoms with Crippen molar-refractivity contribution in [1.29, 1.82) is 0 Å². The highest BCUT2D eigenvalue weighted by atomic mass is 79.9. The van der Waals surface area contributed by atoms with E-state index in [1.807, 2.05) is 6.07 Å². The molecule has 7 nitrogen and oxygen atoms in total. The van der Waals surface area contributed by atoms with Crippen molar-refractivity contribution < 1.29 is 19.2 Å². The molecule has 0 aromatic heterocycles. The van der Waals surface area contributed by atoms with Crippen molar-refractivity contribution in [1.82, 2.24) is 0 Å². The number of nitrogens with zero attached hydrogens (tertiary/aromatic N) is 2. The molecule has 0 N–H and O–H groups in total. The SMILES string of the molecule is O=C1OCC2=C1[C@@H](c1cccc([N+](=O)[O-])c1)CC(=O)N2c1cccc(Br)c1. The minimum absolute atomic E-state index is 0.00214. The van der Waals surface area contributed by atoms with Crippen molar-refractivity contribution in [3.63, 3.8) is 0 Å². The summed E-state index contributed by atoms with van der Waals surface area (Å²) in [7, 11) is 0. The third-order valence-electron chi connectivity index (χ3n) is 4.67. The largest absolute Gasteiger partial charge is 0.456 e. The molecule has 1 atom stereocenters. The van der Waals surface area contributed by atoms with E-state index in [4.69, 9.17) is 4.74 Å². The van der Waals surface area contributed by atoms with Gasteiger partial charge in [0.25, 0.3) is 5.69 Å². The molecule has 2 aliphatic heterocycles. The molecule has 0 fully saturated rings. The maximum Gasteiger partial charge on any atom is 0.336 e. The fourth-order valence-electron chi connectivity index (χ4n) is 3.51. The Morgan fingerprint density at radius 3 is 2.67 bits per heavy atom. The minimum Gasteiger partial charge on any atom is -0.456 e. The lowest BCUT2D eigenvalue weighted by atomic mass is 9.84. The lowest BCUT2D eigenvalue weighted by Crippen LogP contribution is -2.37. The number of benzene rings is 2. The van der Waals surface area contributed by atoms with Crippen LogP contribution in [-0.4, -0.2) is 23.4 Å². The third kappa shape index (κ3) is 3.02. The first-order chi connectivity index (χ1) is 13.0. The van der Waals surface area contributed by atoms with Gasteiger partial charge in [0.2, 0.25) is 5.91 Å². The standard InChI is InChI=1S/C19H13BrN2O5/c20-12-4-2-5-13(8-12)21-16-10-27-19(24)18(16)15(9-17(21)23)11-3-1-6-14(7-11)22(25)26/h1-8,15H,9-10H2/t15-/m1/s1. The summed E-state index contributed by atoms with van der Waals surface area (Å²) in [5.74, 6) is -1.25. The summed E-state index contributed by atoms with van der Waals surface area (Å²) < 4.78 is 6.01. The summed E-state index contributed by atoms with van der Waals surface area (Å²) in [6.45, 7) is -0.00214. The van der Waals surface area contributed by atoms with Crippen LogP contribution < -0.4 is 4.90 Å². The van der Waals surface area contributed by atoms with Crippen LogP contribution in [0, 0.1) is 10.1 Å². The predicted octanol–water partition coefficient (Wildman–Crippen LogP) is 3.69. The zero-order chi connectivity index (χ0) is 19.1. The normalized spacial score (nSPS) is 19.1. The second kappa shape index (κ2) is 6.62. The number of esters is 1. The number of halogens is 1. The first-order valence-electron chi connectivity index (χ1n) is 8.19. The van der Waals surface area contributed by atoms with Gasteiger partial charge in [0.15, 0.2) is 0 Å². The molecule has 2 heterocycles. The highest BCUT2D eigenvalue weighted by Gasteiger charge is 2.43. The summed E-state index contributed by atoms with van der Waals surface area (Å²) in [4.78, 5) is 37.4. The molecule has 2 aromatic carbocycles. The fourth-order valence-corrected chi connectivity index (χ4v) is 3.90. The Labute approximate surface area is 162 Å². The summed E-state index contributed by atoms with van der Waals surface area (Å²) in [6.07, 6.45) is 0.0294. The van der Waals surface area contributed by atoms with E-state index in [-0.39, 0.29) is 24.6 Å². The van der Waals surface area contributed by atoms with Gasteiger partial charge in [-0.2, -0.15) is 0 Å². The van der Waals surface area contributed by atoms with Gasteiger partial charge < -0.3 is 4.74 Å². The molecular formula is C19H13BrN2O5. The van der Waals surface area contributed by atoms with E-state index in [0.717, 1.165) is 4.47 Å². The van der Waals surface area contributed by atoms with E-state index < -0.39 is 16.8 Å². The summed E-state index contributed by atoms with van der Waals surface area (Å²) in [5, 5.41) is 11.1. The van der Waals surface area contributed by atoms with Gasteiger partial charge in [0.1, 0.15) is 6.61 Å². The minimum atomic E-state index is -0.564. The first kappa shape index (κ1) is 17.4. The van der Waals surface area contributed by atoms with Crippen LogP contribution in [0.25, 0.3) is 0 Å². The summed E-state index contributed by atoms with van der Waals surface area (Å²) in [5.41, 5.74) is 1.99. The monoisotopic (exact) mass is 428 g/mol. The zero-order valence-corrected chi connectivity index (χ0v) is 15.5. The number of hydrogen-bond acceptors (Lipinski definition) is 5. The van der Waals surface area contributed by atoms with Crippen LogP contribution in [0.15, 0.2) is 64.3 Å². The topological polar surface area (TPSA) is 89.7 Å². The van der Waals surface area contributed by atoms with Crippen molar-refractivity contribution in [2.24, 2.45) is 0 Å². The molecule has 0 radical (unpaired) electrons. The smallest absolute Gasteiger partial charge is 0.336 e. The Bertz CT molecular complexity index is 1020. The van der Waals surface area contributed by atoms with Gasteiger partial charge in [0, 0.05) is 34.6 Å². The van der Waals surface area contributed by atoms with Gasteiger partial charge in [-0.3, -0.25) is 19.8 Å². The predicted molar refractivity (Wildman–Crippen MR) is 100 cm³/mol. The lowest BCUT2D eigenvalue weighted by Gasteiger charge is -2.31. The number of rotatable bonds is 3. The average molecular weight is 429 g/mol. The number of anilines is 1. The number of non-ortho nitro benzene ring substituents is 1. The molecule has 1 amide bonds. The van der Waals surface area contributed by atoms with Crippen molar-refractivity contribution in [3.05, 3.63) is 80.0 Å². The number of carbonyl (C=O) groups excluding carboxylic acids is 2. The molecule has 0 spiro atoms. The van der Waals surface area contributed by atoms with Crippen LogP contribution in [0.5, 0.6) is 0 Å². The second-order valence-electron chi connectivity index (χ2n) is 6.25. The number of nitro benzene ring substituents is 1. The Morgan fingerprint density at radius 1 is 1.15 bits per heavy atom. The first-order valence-corrected chi connectivity index (χ1v) is 8.98. The number of nitro groups is 1. The van der Waals surface area contributed by atoms with E-state index in [0.29, 0.717) is 22.5 Å². The van der Waals surface area contributed by atoms with Gasteiger partial charge in [0.05, 0.1) is 16.2 Å². The molecule has 136 valence electrons. The van der Waals surface area contributed by atoms with Crippen LogP contribution in [0.3, 0.4) is 0 Å². The molecule has 8 heteroatoms. The molecule has 2 aliphatic rings. The van der Waals surface area contributed by atoms with E-state index in [9.17, 15) is 19.7 Å². The zero-order valence-electron chi connectivity index (χ0n) is 13.9. The average Bonchev–Trinajstić information content (AvgIpc) is 3.02. The molecule has 0 aliphatic carbocycles. The number of hydrogen-bond donors (Lipinski definition) is 0. The Morgan fingerprint density at radius 2 is 1.93 bits per heavy atom. The third-order valence-corrected chi connectivity index (χ3v) is 5.16. The van der Waals surface area contributed by atoms with Crippen molar-refractivity contribution in [3.8, 4) is 0 Å². The molecular weight excluding hydrogens is 416 g/mol. The van der Waals surface area contributed by atoms with E-state index in [2.05, 4.69) is 15.9 Å². The van der Waals surface area contributed by atoms with Crippen LogP contribution in [0.2, 0.25) is 0 Å². The highest BCUT2D eigenvalue weighted by Crippen LogP contribution is 2.42. The number of carbonyl (C=O) groups is 2. The maximum absolute atomic E-state index is 12.9. The van der Waals surface area contributed by atoms with E-state index >= 15 is 0 Å². The number of cyclic esters (lactones) is 1. The van der Waals surface area contributed by atoms with Crippen LogP contribution >= 0.6 is 15.9 Å². The van der Waals surface area contributed by atoms with Crippen molar-refractivity contribution in [2.75, 3.05) is 11.5 Å². The quantitative estimate of drug-likeness (QED) is 0.422. The Balaban J connectivity index is 1.83. The van der Waals surface area contributed by atoms with Gasteiger partial charge in [-0.25, -0.2) is 4.79 Å². The van der Waals surface area contributed by atoms with Crippen LogP contribution in [-0.2, 0) is 14.3 Å². The van der Waals surface area contributed by atoms with Crippen LogP contribution in [0.4, 0.5) is 11.4 Å². The lowest BCUT2D eigenvalue weighted by molar-refractivity contribution is -0.384. The number of amides is 1. The molecule has 0 saturated carbocycles. The highest BCUT2D eigenvalue weighted by molar-refractivity contribution is 9.10. The van der Waals surface area contributed by atoms with Crippen molar-refractivity contribution >= 4 is 39.2 Å². The molecule has 0 unspecified atom stereocenters. The molecule has 27 heavy (non-hydrogen) atoms. The molecule has 0 saturated heterocycles. The Kier molecular flexibility index (Phi) is 4.27. The summed E-state index contributed by atoms with van der Waals surface area (Å²) in [6, 6.07) is 13.2. The Hall–Kier alpha value is -3.00. The molecule has 2 aromatic rings. The maximum atomic E-state index is 12.9. The van der Waals surface area contributed by atoms with Gasteiger partial charge in [-0.15, -0.1) is 0 Å². The van der Waals surface area contributed by atoms with Crippen molar-refractivity contribution in [2.45, 2.75) is 12.3 Å². The van der Waals surface area contributed by atoms with E-state index in [1.54, 1.807) is 30.3 Å². The van der Waals surface area contributed by atoms with Gasteiger partial charge >= 0.3 is 5.97 Å². The molecule has 4 rings (SSSR count). The second-order valence-corrected chi connectivity index (χ2v) is 7.17.